The van der Waals surface area contributed by atoms with E-state index in [0.717, 1.165) is 22.4 Å². The zero-order valence-corrected chi connectivity index (χ0v) is 13.2. The van der Waals surface area contributed by atoms with Gasteiger partial charge in [0.1, 0.15) is 17.2 Å². The second kappa shape index (κ2) is 6.17. The van der Waals surface area contributed by atoms with Gasteiger partial charge >= 0.3 is 0 Å². The molecule has 0 amide bonds. The molecule has 0 spiro atoms. The van der Waals surface area contributed by atoms with Gasteiger partial charge in [-0.25, -0.2) is 9.97 Å². The van der Waals surface area contributed by atoms with Crippen molar-refractivity contribution in [2.24, 2.45) is 0 Å². The van der Waals surface area contributed by atoms with Crippen LogP contribution in [0.15, 0.2) is 43.0 Å². The van der Waals surface area contributed by atoms with E-state index in [1.807, 2.05) is 18.2 Å². The first-order valence-corrected chi connectivity index (χ1v) is 7.61. The molecule has 4 rings (SSSR count). The fraction of sp³-hybridized carbons (Fsp3) is 0.0667. The number of rotatable bonds is 5. The first kappa shape index (κ1) is 14.5. The van der Waals surface area contributed by atoms with Crippen LogP contribution in [0.5, 0.6) is 0 Å². The second-order valence-corrected chi connectivity index (χ2v) is 5.43. The number of aromatic nitrogens is 6. The molecule has 120 valence electrons. The molecule has 3 aromatic heterocycles. The number of benzene rings is 1. The predicted molar refractivity (Wildman–Crippen MR) is 92.3 cm³/mol. The molecular formula is C15H13ClN8. The molecule has 0 atom stereocenters. The van der Waals surface area contributed by atoms with Gasteiger partial charge in [0, 0.05) is 18.8 Å². The Labute approximate surface area is 141 Å². The van der Waals surface area contributed by atoms with Crippen LogP contribution in [-0.4, -0.2) is 30.1 Å². The van der Waals surface area contributed by atoms with Crippen LogP contribution >= 0.6 is 11.6 Å². The molecule has 0 aliphatic heterocycles. The van der Waals surface area contributed by atoms with Crippen molar-refractivity contribution >= 4 is 40.2 Å². The summed E-state index contributed by atoms with van der Waals surface area (Å²) in [6, 6.07) is 7.48. The zero-order chi connectivity index (χ0) is 16.4. The highest BCUT2D eigenvalue weighted by molar-refractivity contribution is 6.35. The lowest BCUT2D eigenvalue weighted by Crippen LogP contribution is -2.05. The van der Waals surface area contributed by atoms with Crippen LogP contribution < -0.4 is 10.6 Å². The molecule has 1 aromatic carbocycles. The van der Waals surface area contributed by atoms with Gasteiger partial charge in [-0.3, -0.25) is 5.10 Å². The van der Waals surface area contributed by atoms with E-state index in [4.69, 9.17) is 11.6 Å². The van der Waals surface area contributed by atoms with Gasteiger partial charge in [0.25, 0.3) is 0 Å². The molecule has 0 bridgehead atoms. The number of imidazole rings is 1. The lowest BCUT2D eigenvalue weighted by molar-refractivity contribution is 1.05. The van der Waals surface area contributed by atoms with Gasteiger partial charge in [0.05, 0.1) is 23.1 Å². The van der Waals surface area contributed by atoms with Gasteiger partial charge < -0.3 is 15.6 Å². The number of hydrogen-bond acceptors (Lipinski definition) is 6. The third kappa shape index (κ3) is 2.86. The molecule has 24 heavy (non-hydrogen) atoms. The number of H-pyrrole nitrogens is 2. The van der Waals surface area contributed by atoms with Crippen molar-refractivity contribution in [2.45, 2.75) is 6.54 Å². The number of hydrogen-bond donors (Lipinski definition) is 4. The Bertz CT molecular complexity index is 963. The molecule has 0 aliphatic rings. The maximum atomic E-state index is 6.39. The third-order valence-electron chi connectivity index (χ3n) is 3.47. The Morgan fingerprint density at radius 3 is 2.92 bits per heavy atom. The van der Waals surface area contributed by atoms with Crippen LogP contribution in [-0.2, 0) is 6.54 Å². The Hall–Kier alpha value is -3.13. The summed E-state index contributed by atoms with van der Waals surface area (Å²) in [6.07, 6.45) is 4.96. The first-order chi connectivity index (χ1) is 11.8. The number of nitrogens with one attached hydrogen (secondary N) is 4. The van der Waals surface area contributed by atoms with Crippen molar-refractivity contribution in [3.05, 3.63) is 53.6 Å². The summed E-state index contributed by atoms with van der Waals surface area (Å²) < 4.78 is 0. The van der Waals surface area contributed by atoms with Crippen molar-refractivity contribution in [3.63, 3.8) is 0 Å². The molecular weight excluding hydrogens is 328 g/mol. The normalized spacial score (nSPS) is 10.9. The fourth-order valence-electron chi connectivity index (χ4n) is 2.30. The van der Waals surface area contributed by atoms with Crippen LogP contribution in [0.1, 0.15) is 5.56 Å². The number of aromatic amines is 2. The van der Waals surface area contributed by atoms with Crippen molar-refractivity contribution in [1.82, 2.24) is 30.1 Å². The van der Waals surface area contributed by atoms with Crippen LogP contribution in [0.2, 0.25) is 5.02 Å². The van der Waals surface area contributed by atoms with Gasteiger partial charge in [-0.2, -0.15) is 10.1 Å². The fourth-order valence-corrected chi connectivity index (χ4v) is 2.58. The molecule has 0 radical (unpaired) electrons. The molecule has 4 aromatic rings. The molecule has 0 saturated heterocycles. The SMILES string of the molecule is Clc1c(CNc2nccc(Nc3ccn[nH]3)n2)ccc2[nH]cnc12. The van der Waals surface area contributed by atoms with E-state index in [1.165, 1.54) is 0 Å². The Balaban J connectivity index is 1.49. The summed E-state index contributed by atoms with van der Waals surface area (Å²) in [6.45, 7) is 0.495. The van der Waals surface area contributed by atoms with E-state index in [0.29, 0.717) is 23.3 Å². The van der Waals surface area contributed by atoms with E-state index in [9.17, 15) is 0 Å². The average Bonchev–Trinajstić information content (AvgIpc) is 3.26. The second-order valence-electron chi connectivity index (χ2n) is 5.05. The van der Waals surface area contributed by atoms with Gasteiger partial charge in [0.15, 0.2) is 0 Å². The minimum absolute atomic E-state index is 0.495. The van der Waals surface area contributed by atoms with Crippen LogP contribution in [0, 0.1) is 0 Å². The summed E-state index contributed by atoms with van der Waals surface area (Å²) in [5.74, 6) is 1.91. The zero-order valence-electron chi connectivity index (χ0n) is 12.4. The number of anilines is 3. The minimum atomic E-state index is 0.495. The van der Waals surface area contributed by atoms with E-state index in [1.54, 1.807) is 24.8 Å². The topological polar surface area (TPSA) is 107 Å². The third-order valence-corrected chi connectivity index (χ3v) is 3.89. The van der Waals surface area contributed by atoms with E-state index >= 15 is 0 Å². The number of fused-ring (bicyclic) bond motifs is 1. The summed E-state index contributed by atoms with van der Waals surface area (Å²) in [4.78, 5) is 15.9. The number of halogens is 1. The van der Waals surface area contributed by atoms with Crippen LogP contribution in [0.4, 0.5) is 17.6 Å². The Morgan fingerprint density at radius 1 is 1.08 bits per heavy atom. The highest BCUT2D eigenvalue weighted by Crippen LogP contribution is 2.25. The summed E-state index contributed by atoms with van der Waals surface area (Å²) in [7, 11) is 0. The quantitative estimate of drug-likeness (QED) is 0.444. The van der Waals surface area contributed by atoms with E-state index < -0.39 is 0 Å². The smallest absolute Gasteiger partial charge is 0.224 e. The maximum Gasteiger partial charge on any atom is 0.224 e. The highest BCUT2D eigenvalue weighted by Gasteiger charge is 2.08. The molecule has 9 heteroatoms. The summed E-state index contributed by atoms with van der Waals surface area (Å²) >= 11 is 6.39. The largest absolute Gasteiger partial charge is 0.350 e. The Morgan fingerprint density at radius 2 is 2.04 bits per heavy atom. The highest BCUT2D eigenvalue weighted by atomic mass is 35.5. The lowest BCUT2D eigenvalue weighted by atomic mass is 10.2. The van der Waals surface area contributed by atoms with Crippen molar-refractivity contribution in [1.29, 1.82) is 0 Å². The monoisotopic (exact) mass is 340 g/mol. The summed E-state index contributed by atoms with van der Waals surface area (Å²) in [5, 5.41) is 13.6. The van der Waals surface area contributed by atoms with Crippen LogP contribution in [0.3, 0.4) is 0 Å². The van der Waals surface area contributed by atoms with Gasteiger partial charge in [0.2, 0.25) is 5.95 Å². The molecule has 3 heterocycles. The van der Waals surface area contributed by atoms with Gasteiger partial charge in [-0.15, -0.1) is 0 Å². The van der Waals surface area contributed by atoms with Gasteiger partial charge in [-0.05, 0) is 17.7 Å². The average molecular weight is 341 g/mol. The number of nitrogens with zero attached hydrogens (tertiary/aromatic N) is 4. The minimum Gasteiger partial charge on any atom is -0.350 e. The molecule has 0 aliphatic carbocycles. The van der Waals surface area contributed by atoms with Crippen molar-refractivity contribution < 1.29 is 0 Å². The van der Waals surface area contributed by atoms with Gasteiger partial charge in [-0.1, -0.05) is 17.7 Å². The molecule has 0 unspecified atom stereocenters. The Kier molecular flexibility index (Phi) is 3.72. The molecule has 0 saturated carbocycles. The summed E-state index contributed by atoms with van der Waals surface area (Å²) in [5.41, 5.74) is 2.59. The standard InChI is InChI=1S/C15H13ClN8/c16-13-9(1-2-10-14(13)20-8-19-10)7-18-15-17-5-3-11(23-15)22-12-4-6-21-24-12/h1-6,8H,7H2,(H,19,20)(H3,17,18,21,22,23,24). The molecule has 8 nitrogen and oxygen atoms in total. The van der Waals surface area contributed by atoms with Crippen molar-refractivity contribution in [3.8, 4) is 0 Å². The van der Waals surface area contributed by atoms with E-state index in [-0.39, 0.29) is 0 Å². The van der Waals surface area contributed by atoms with Crippen LogP contribution in [0.25, 0.3) is 11.0 Å². The van der Waals surface area contributed by atoms with E-state index in [2.05, 4.69) is 40.8 Å². The lowest BCUT2D eigenvalue weighted by Gasteiger charge is -2.08. The van der Waals surface area contributed by atoms with Crippen molar-refractivity contribution in [2.75, 3.05) is 10.6 Å². The molecule has 4 N–H and O–H groups in total. The predicted octanol–water partition coefficient (Wildman–Crippen LogP) is 3.09. The first-order valence-electron chi connectivity index (χ1n) is 7.23. The molecule has 0 fully saturated rings. The maximum absolute atomic E-state index is 6.39.